The van der Waals surface area contributed by atoms with Crippen molar-refractivity contribution in [1.82, 2.24) is 15.3 Å². The molecule has 1 aromatic carbocycles. The first-order valence-corrected chi connectivity index (χ1v) is 6.20. The first-order chi connectivity index (χ1) is 8.81. The predicted molar refractivity (Wildman–Crippen MR) is 70.2 cm³/mol. The number of aromatic amines is 1. The van der Waals surface area contributed by atoms with Gasteiger partial charge < -0.3 is 10.3 Å². The van der Waals surface area contributed by atoms with Crippen LogP contribution in [0.15, 0.2) is 41.2 Å². The number of hydrogen-bond acceptors (Lipinski definition) is 3. The molecule has 0 unspecified atom stereocenters. The minimum absolute atomic E-state index is 0.101. The van der Waals surface area contributed by atoms with Crippen LogP contribution >= 0.6 is 0 Å². The summed E-state index contributed by atoms with van der Waals surface area (Å²) in [5, 5.41) is 3.36. The molecule has 1 aromatic heterocycles. The van der Waals surface area contributed by atoms with Gasteiger partial charge in [0, 0.05) is 24.2 Å². The van der Waals surface area contributed by atoms with E-state index < -0.39 is 0 Å². The Morgan fingerprint density at radius 3 is 2.78 bits per heavy atom. The molecule has 4 heteroatoms. The van der Waals surface area contributed by atoms with Gasteiger partial charge in [-0.1, -0.05) is 30.3 Å². The van der Waals surface area contributed by atoms with Crippen LogP contribution in [-0.2, 0) is 6.54 Å². The number of rotatable bonds is 4. The Labute approximate surface area is 105 Å². The van der Waals surface area contributed by atoms with Crippen LogP contribution in [-0.4, -0.2) is 16.0 Å². The molecule has 92 valence electrons. The summed E-state index contributed by atoms with van der Waals surface area (Å²) in [5.74, 6) is 0.635. The fourth-order valence-corrected chi connectivity index (χ4v) is 1.87. The van der Waals surface area contributed by atoms with Crippen LogP contribution in [0.25, 0.3) is 11.4 Å². The molecule has 0 amide bonds. The van der Waals surface area contributed by atoms with Crippen molar-refractivity contribution in [2.45, 2.75) is 25.4 Å². The van der Waals surface area contributed by atoms with E-state index >= 15 is 0 Å². The van der Waals surface area contributed by atoms with Gasteiger partial charge in [-0.15, -0.1) is 0 Å². The van der Waals surface area contributed by atoms with Crippen LogP contribution in [0.3, 0.4) is 0 Å². The lowest BCUT2D eigenvalue weighted by atomic mass is 10.2. The summed E-state index contributed by atoms with van der Waals surface area (Å²) in [6, 6.07) is 11.9. The summed E-state index contributed by atoms with van der Waals surface area (Å²) in [6.45, 7) is 0.661. The lowest BCUT2D eigenvalue weighted by molar-refractivity contribution is 0.672. The third kappa shape index (κ3) is 2.65. The maximum atomic E-state index is 11.6. The molecule has 1 aliphatic rings. The molecular formula is C14H15N3O. The van der Waals surface area contributed by atoms with E-state index in [4.69, 9.17) is 0 Å². The molecule has 1 heterocycles. The van der Waals surface area contributed by atoms with Crippen molar-refractivity contribution in [3.63, 3.8) is 0 Å². The van der Waals surface area contributed by atoms with Crippen molar-refractivity contribution in [3.05, 3.63) is 52.4 Å². The molecule has 4 nitrogen and oxygen atoms in total. The highest BCUT2D eigenvalue weighted by molar-refractivity contribution is 5.54. The summed E-state index contributed by atoms with van der Waals surface area (Å²) in [7, 11) is 0. The average Bonchev–Trinajstić information content (AvgIpc) is 3.21. The SMILES string of the molecule is O=c1cc(CNC2CC2)nc(-c2ccccc2)[nH]1. The Hall–Kier alpha value is -1.94. The number of hydrogen-bond donors (Lipinski definition) is 2. The summed E-state index contributed by atoms with van der Waals surface area (Å²) in [5.41, 5.74) is 1.63. The van der Waals surface area contributed by atoms with Gasteiger partial charge in [0.15, 0.2) is 0 Å². The van der Waals surface area contributed by atoms with Gasteiger partial charge in [-0.05, 0) is 12.8 Å². The third-order valence-corrected chi connectivity index (χ3v) is 2.99. The van der Waals surface area contributed by atoms with E-state index in [1.807, 2.05) is 30.3 Å². The second kappa shape index (κ2) is 4.74. The molecule has 3 rings (SSSR count). The smallest absolute Gasteiger partial charge is 0.251 e. The molecule has 2 N–H and O–H groups in total. The van der Waals surface area contributed by atoms with Crippen LogP contribution in [0.1, 0.15) is 18.5 Å². The highest BCUT2D eigenvalue weighted by atomic mass is 16.1. The third-order valence-electron chi connectivity index (χ3n) is 2.99. The number of nitrogens with one attached hydrogen (secondary N) is 2. The molecule has 1 fully saturated rings. The van der Waals surface area contributed by atoms with Gasteiger partial charge in [-0.3, -0.25) is 4.79 Å². The van der Waals surface area contributed by atoms with Crippen molar-refractivity contribution in [2.75, 3.05) is 0 Å². The molecule has 1 saturated carbocycles. The zero-order valence-corrected chi connectivity index (χ0v) is 10.0. The fraction of sp³-hybridized carbons (Fsp3) is 0.286. The van der Waals surface area contributed by atoms with Crippen molar-refractivity contribution >= 4 is 0 Å². The van der Waals surface area contributed by atoms with Crippen LogP contribution in [0.2, 0.25) is 0 Å². The number of H-pyrrole nitrogens is 1. The maximum absolute atomic E-state index is 11.6. The van der Waals surface area contributed by atoms with E-state index in [-0.39, 0.29) is 5.56 Å². The zero-order valence-electron chi connectivity index (χ0n) is 10.0. The molecule has 0 atom stereocenters. The van der Waals surface area contributed by atoms with Gasteiger partial charge in [-0.25, -0.2) is 4.98 Å². The van der Waals surface area contributed by atoms with Gasteiger partial charge in [-0.2, -0.15) is 0 Å². The van der Waals surface area contributed by atoms with E-state index in [0.29, 0.717) is 18.4 Å². The largest absolute Gasteiger partial charge is 0.308 e. The maximum Gasteiger partial charge on any atom is 0.251 e. The van der Waals surface area contributed by atoms with Gasteiger partial charge in [0.05, 0.1) is 5.69 Å². The molecule has 18 heavy (non-hydrogen) atoms. The number of benzene rings is 1. The normalized spacial score (nSPS) is 14.7. The molecule has 2 aromatic rings. The summed E-state index contributed by atoms with van der Waals surface area (Å²) >= 11 is 0. The minimum Gasteiger partial charge on any atom is -0.308 e. The monoisotopic (exact) mass is 241 g/mol. The molecule has 0 spiro atoms. The van der Waals surface area contributed by atoms with Crippen LogP contribution in [0, 0.1) is 0 Å². The topological polar surface area (TPSA) is 57.8 Å². The minimum atomic E-state index is -0.101. The zero-order chi connectivity index (χ0) is 12.4. The number of aromatic nitrogens is 2. The Balaban J connectivity index is 1.87. The van der Waals surface area contributed by atoms with Gasteiger partial charge >= 0.3 is 0 Å². The molecule has 0 aliphatic heterocycles. The van der Waals surface area contributed by atoms with E-state index in [1.165, 1.54) is 12.8 Å². The predicted octanol–water partition coefficient (Wildman–Crippen LogP) is 1.69. The van der Waals surface area contributed by atoms with Crippen LogP contribution in [0.5, 0.6) is 0 Å². The second-order valence-electron chi connectivity index (χ2n) is 4.61. The molecule has 0 saturated heterocycles. The van der Waals surface area contributed by atoms with E-state index in [9.17, 15) is 4.79 Å². The first kappa shape index (κ1) is 11.2. The van der Waals surface area contributed by atoms with Crippen LogP contribution < -0.4 is 10.9 Å². The lowest BCUT2D eigenvalue weighted by Crippen LogP contribution is -2.19. The molecule has 1 aliphatic carbocycles. The Bertz CT molecular complexity index is 587. The first-order valence-electron chi connectivity index (χ1n) is 6.20. The highest BCUT2D eigenvalue weighted by Crippen LogP contribution is 2.19. The molecule has 0 radical (unpaired) electrons. The Morgan fingerprint density at radius 1 is 1.28 bits per heavy atom. The van der Waals surface area contributed by atoms with E-state index in [1.54, 1.807) is 6.07 Å². The second-order valence-corrected chi connectivity index (χ2v) is 4.61. The highest BCUT2D eigenvalue weighted by Gasteiger charge is 2.20. The molecule has 0 bridgehead atoms. The fourth-order valence-electron chi connectivity index (χ4n) is 1.87. The van der Waals surface area contributed by atoms with Gasteiger partial charge in [0.2, 0.25) is 0 Å². The summed E-state index contributed by atoms with van der Waals surface area (Å²) in [4.78, 5) is 18.9. The van der Waals surface area contributed by atoms with Gasteiger partial charge in [0.1, 0.15) is 5.82 Å². The van der Waals surface area contributed by atoms with Crippen LogP contribution in [0.4, 0.5) is 0 Å². The summed E-state index contributed by atoms with van der Waals surface area (Å²) < 4.78 is 0. The Kier molecular flexibility index (Phi) is 2.94. The lowest BCUT2D eigenvalue weighted by Gasteiger charge is -2.05. The number of nitrogens with zero attached hydrogens (tertiary/aromatic N) is 1. The van der Waals surface area contributed by atoms with E-state index in [2.05, 4.69) is 15.3 Å². The van der Waals surface area contributed by atoms with Crippen molar-refractivity contribution < 1.29 is 0 Å². The molecular weight excluding hydrogens is 226 g/mol. The van der Waals surface area contributed by atoms with Crippen molar-refractivity contribution in [2.24, 2.45) is 0 Å². The van der Waals surface area contributed by atoms with E-state index in [0.717, 1.165) is 11.3 Å². The standard InChI is InChI=1S/C14H15N3O/c18-13-8-12(9-15-11-6-7-11)16-14(17-13)10-4-2-1-3-5-10/h1-5,8,11,15H,6-7,9H2,(H,16,17,18). The Morgan fingerprint density at radius 2 is 2.06 bits per heavy atom. The van der Waals surface area contributed by atoms with Crippen molar-refractivity contribution in [1.29, 1.82) is 0 Å². The summed E-state index contributed by atoms with van der Waals surface area (Å²) in [6.07, 6.45) is 2.46. The quantitative estimate of drug-likeness (QED) is 0.856. The average molecular weight is 241 g/mol. The van der Waals surface area contributed by atoms with Gasteiger partial charge in [0.25, 0.3) is 5.56 Å². The van der Waals surface area contributed by atoms with Crippen molar-refractivity contribution in [3.8, 4) is 11.4 Å².